The molecule has 1 nitrogen and oxygen atoms in total. The monoisotopic (exact) mass is 370 g/mol. The minimum absolute atomic E-state index is 0.578. The average Bonchev–Trinajstić information content (AvgIpc) is 2.70. The second kappa shape index (κ2) is 11.8. The molecule has 3 rings (SSSR count). The quantitative estimate of drug-likeness (QED) is 0.552. The van der Waals surface area contributed by atoms with Gasteiger partial charge in [-0.05, 0) is 49.1 Å². The van der Waals surface area contributed by atoms with Crippen LogP contribution in [-0.2, 0) is 0 Å². The van der Waals surface area contributed by atoms with Crippen molar-refractivity contribution in [3.8, 4) is 5.75 Å². The Morgan fingerprint density at radius 2 is 0.926 bits per heavy atom. The molecule has 2 aliphatic carbocycles. The minimum Gasteiger partial charge on any atom is -0.508 e. The second-order valence-electron chi connectivity index (χ2n) is 9.28. The zero-order valence-electron chi connectivity index (χ0n) is 17.6. The predicted octanol–water partition coefficient (Wildman–Crippen LogP) is 8.61. The lowest BCUT2D eigenvalue weighted by Crippen LogP contribution is -2.10. The maximum Gasteiger partial charge on any atom is 0.119 e. The molecule has 152 valence electrons. The summed E-state index contributed by atoms with van der Waals surface area (Å²) in [4.78, 5) is 0. The lowest BCUT2D eigenvalue weighted by Gasteiger charge is -2.27. The third-order valence-electron chi connectivity index (χ3n) is 7.18. The van der Waals surface area contributed by atoms with Gasteiger partial charge in [0.05, 0.1) is 0 Å². The lowest BCUT2D eigenvalue weighted by molar-refractivity contribution is 0.416. The van der Waals surface area contributed by atoms with Crippen LogP contribution in [0.3, 0.4) is 0 Å². The number of hydrogen-bond acceptors (Lipinski definition) is 1. The van der Waals surface area contributed by atoms with Crippen molar-refractivity contribution in [2.24, 2.45) is 0 Å². The van der Waals surface area contributed by atoms with Gasteiger partial charge in [0.2, 0.25) is 0 Å². The first-order chi connectivity index (χ1) is 13.4. The van der Waals surface area contributed by atoms with Crippen molar-refractivity contribution in [3.63, 3.8) is 0 Å². The van der Waals surface area contributed by atoms with E-state index in [1.807, 2.05) is 6.07 Å². The van der Waals surface area contributed by atoms with E-state index in [0.717, 1.165) is 0 Å². The molecule has 0 saturated heterocycles. The van der Waals surface area contributed by atoms with E-state index >= 15 is 0 Å². The first-order valence-corrected chi connectivity index (χ1v) is 12.2. The van der Waals surface area contributed by atoms with Crippen LogP contribution in [0.2, 0.25) is 0 Å². The molecule has 2 aliphatic rings. The zero-order chi connectivity index (χ0) is 18.7. The summed E-state index contributed by atoms with van der Waals surface area (Å²) in [6.45, 7) is 0. The summed E-state index contributed by atoms with van der Waals surface area (Å²) in [5.41, 5.74) is 2.86. The zero-order valence-corrected chi connectivity index (χ0v) is 17.6. The molecule has 2 fully saturated rings. The van der Waals surface area contributed by atoms with Crippen LogP contribution in [0.15, 0.2) is 18.2 Å². The Labute approximate surface area is 168 Å². The van der Waals surface area contributed by atoms with Gasteiger partial charge in [-0.2, -0.15) is 0 Å². The summed E-state index contributed by atoms with van der Waals surface area (Å²) < 4.78 is 0. The van der Waals surface area contributed by atoms with Crippen LogP contribution in [0.1, 0.15) is 139 Å². The number of phenols is 1. The topological polar surface area (TPSA) is 20.2 Å². The molecule has 0 aromatic heterocycles. The molecule has 1 aromatic carbocycles. The van der Waals surface area contributed by atoms with Crippen molar-refractivity contribution in [1.29, 1.82) is 0 Å². The Morgan fingerprint density at radius 1 is 0.519 bits per heavy atom. The summed E-state index contributed by atoms with van der Waals surface area (Å²) in [5.74, 6) is 1.84. The predicted molar refractivity (Wildman–Crippen MR) is 117 cm³/mol. The first-order valence-electron chi connectivity index (χ1n) is 12.2. The van der Waals surface area contributed by atoms with Crippen LogP contribution in [0.25, 0.3) is 0 Å². The molecule has 0 aliphatic heterocycles. The number of benzene rings is 1. The van der Waals surface area contributed by atoms with Gasteiger partial charge >= 0.3 is 0 Å². The highest BCUT2D eigenvalue weighted by atomic mass is 16.3. The van der Waals surface area contributed by atoms with E-state index < -0.39 is 0 Å². The van der Waals surface area contributed by atoms with Crippen molar-refractivity contribution in [1.82, 2.24) is 0 Å². The third kappa shape index (κ3) is 6.54. The molecule has 0 unspecified atom stereocenters. The Morgan fingerprint density at radius 3 is 1.41 bits per heavy atom. The molecular formula is C26H42O. The largest absolute Gasteiger partial charge is 0.508 e. The smallest absolute Gasteiger partial charge is 0.119 e. The SMILES string of the molecule is Oc1cccc(C2CCCCCCCCC2)c1C1CCCCCCCCC1. The van der Waals surface area contributed by atoms with Gasteiger partial charge in [0.1, 0.15) is 5.75 Å². The van der Waals surface area contributed by atoms with E-state index in [1.165, 1.54) is 127 Å². The average molecular weight is 371 g/mol. The Bertz CT molecular complexity index is 515. The van der Waals surface area contributed by atoms with E-state index in [9.17, 15) is 5.11 Å². The highest BCUT2D eigenvalue weighted by Crippen LogP contribution is 2.42. The van der Waals surface area contributed by atoms with Gasteiger partial charge in [-0.15, -0.1) is 0 Å². The molecular weight excluding hydrogens is 328 g/mol. The second-order valence-corrected chi connectivity index (χ2v) is 9.28. The van der Waals surface area contributed by atoms with E-state index in [4.69, 9.17) is 0 Å². The van der Waals surface area contributed by atoms with E-state index in [-0.39, 0.29) is 0 Å². The van der Waals surface area contributed by atoms with E-state index in [0.29, 0.717) is 17.6 Å². The van der Waals surface area contributed by atoms with Crippen molar-refractivity contribution in [3.05, 3.63) is 29.3 Å². The number of rotatable bonds is 2. The minimum atomic E-state index is 0.578. The van der Waals surface area contributed by atoms with Gasteiger partial charge < -0.3 is 5.11 Å². The van der Waals surface area contributed by atoms with Crippen LogP contribution in [0.4, 0.5) is 0 Å². The summed E-state index contributed by atoms with van der Waals surface area (Å²) in [7, 11) is 0. The fourth-order valence-electron chi connectivity index (χ4n) is 5.59. The van der Waals surface area contributed by atoms with Crippen molar-refractivity contribution >= 4 is 0 Å². The van der Waals surface area contributed by atoms with Crippen LogP contribution >= 0.6 is 0 Å². The first kappa shape index (κ1) is 20.7. The molecule has 2 saturated carbocycles. The van der Waals surface area contributed by atoms with Crippen LogP contribution in [0, 0.1) is 0 Å². The lowest BCUT2D eigenvalue weighted by atomic mass is 9.78. The normalized spacial score (nSPS) is 23.0. The maximum absolute atomic E-state index is 10.9. The molecule has 1 N–H and O–H groups in total. The number of aromatic hydroxyl groups is 1. The van der Waals surface area contributed by atoms with Gasteiger partial charge in [0.15, 0.2) is 0 Å². The Kier molecular flexibility index (Phi) is 9.04. The fraction of sp³-hybridized carbons (Fsp3) is 0.769. The molecule has 0 radical (unpaired) electrons. The van der Waals surface area contributed by atoms with Gasteiger partial charge in [-0.1, -0.05) is 102 Å². The molecule has 1 aromatic rings. The molecule has 0 amide bonds. The number of hydrogen-bond donors (Lipinski definition) is 1. The van der Waals surface area contributed by atoms with Crippen LogP contribution < -0.4 is 0 Å². The fourth-order valence-corrected chi connectivity index (χ4v) is 5.59. The van der Waals surface area contributed by atoms with Crippen molar-refractivity contribution in [2.45, 2.75) is 127 Å². The highest BCUT2D eigenvalue weighted by Gasteiger charge is 2.24. The van der Waals surface area contributed by atoms with Crippen molar-refractivity contribution in [2.75, 3.05) is 0 Å². The summed E-state index contributed by atoms with van der Waals surface area (Å²) in [6, 6.07) is 6.43. The van der Waals surface area contributed by atoms with Gasteiger partial charge in [-0.3, -0.25) is 0 Å². The Hall–Kier alpha value is -0.980. The molecule has 0 spiro atoms. The summed E-state index contributed by atoms with van der Waals surface area (Å²) >= 11 is 0. The highest BCUT2D eigenvalue weighted by molar-refractivity contribution is 5.44. The van der Waals surface area contributed by atoms with E-state index in [2.05, 4.69) is 12.1 Å². The molecule has 0 atom stereocenters. The Balaban J connectivity index is 1.80. The molecule has 0 heterocycles. The van der Waals surface area contributed by atoms with Gasteiger partial charge in [0.25, 0.3) is 0 Å². The van der Waals surface area contributed by atoms with Crippen LogP contribution in [-0.4, -0.2) is 5.11 Å². The number of phenolic OH excluding ortho intramolecular Hbond substituents is 1. The molecule has 27 heavy (non-hydrogen) atoms. The van der Waals surface area contributed by atoms with Gasteiger partial charge in [-0.25, -0.2) is 0 Å². The summed E-state index contributed by atoms with van der Waals surface area (Å²) in [5, 5.41) is 10.9. The maximum atomic E-state index is 10.9. The summed E-state index contributed by atoms with van der Waals surface area (Å²) in [6.07, 6.45) is 24.7. The molecule has 1 heteroatoms. The van der Waals surface area contributed by atoms with Gasteiger partial charge in [0, 0.05) is 5.56 Å². The third-order valence-corrected chi connectivity index (χ3v) is 7.18. The van der Waals surface area contributed by atoms with Crippen LogP contribution in [0.5, 0.6) is 5.75 Å². The van der Waals surface area contributed by atoms with Crippen molar-refractivity contribution < 1.29 is 5.11 Å². The standard InChI is InChI=1S/C26H42O/c27-25-21-15-20-24(22-16-11-7-3-1-4-8-12-17-22)26(25)23-18-13-9-5-2-6-10-14-19-23/h15,20-23,27H,1-14,16-19H2. The van der Waals surface area contributed by atoms with E-state index in [1.54, 1.807) is 0 Å². The molecule has 0 bridgehead atoms.